The third-order valence-corrected chi connectivity index (χ3v) is 2.06. The van der Waals surface area contributed by atoms with Crippen LogP contribution in [0.5, 0.6) is 0 Å². The van der Waals surface area contributed by atoms with E-state index in [0.717, 1.165) is 17.8 Å². The zero-order valence-corrected chi connectivity index (χ0v) is 7.80. The average Bonchev–Trinajstić information content (AvgIpc) is 2.68. The van der Waals surface area contributed by atoms with Crippen molar-refractivity contribution < 1.29 is 0 Å². The van der Waals surface area contributed by atoms with E-state index in [9.17, 15) is 0 Å². The summed E-state index contributed by atoms with van der Waals surface area (Å²) in [5.74, 6) is 0. The lowest BCUT2D eigenvalue weighted by Crippen LogP contribution is -2.09. The van der Waals surface area contributed by atoms with E-state index in [1.807, 2.05) is 22.9 Å². The second-order valence-corrected chi connectivity index (χ2v) is 3.00. The van der Waals surface area contributed by atoms with Crippen molar-refractivity contribution in [2.24, 2.45) is 5.73 Å². The Hall–Kier alpha value is -1.68. The number of nitrogens with two attached hydrogens (primary N) is 1. The molecule has 2 aromatic heterocycles. The SMILES string of the molecule is NCCn1cncc1-c1ccncc1. The minimum absolute atomic E-state index is 0.619. The molecule has 0 unspecified atom stereocenters. The van der Waals surface area contributed by atoms with Crippen molar-refractivity contribution in [2.75, 3.05) is 6.54 Å². The molecule has 0 atom stereocenters. The van der Waals surface area contributed by atoms with Gasteiger partial charge in [-0.2, -0.15) is 0 Å². The number of hydrogen-bond acceptors (Lipinski definition) is 3. The Labute approximate surface area is 82.4 Å². The molecular weight excluding hydrogens is 176 g/mol. The van der Waals surface area contributed by atoms with E-state index in [4.69, 9.17) is 5.73 Å². The van der Waals surface area contributed by atoms with Crippen LogP contribution < -0.4 is 5.73 Å². The Morgan fingerprint density at radius 2 is 2.00 bits per heavy atom. The van der Waals surface area contributed by atoms with Gasteiger partial charge in [0, 0.05) is 31.0 Å². The van der Waals surface area contributed by atoms with Crippen LogP contribution >= 0.6 is 0 Å². The lowest BCUT2D eigenvalue weighted by molar-refractivity contribution is 0.714. The van der Waals surface area contributed by atoms with Gasteiger partial charge in [0.1, 0.15) is 0 Å². The number of nitrogens with zero attached hydrogens (tertiary/aromatic N) is 3. The summed E-state index contributed by atoms with van der Waals surface area (Å²) in [6.45, 7) is 1.41. The third kappa shape index (κ3) is 1.65. The molecule has 72 valence electrons. The minimum Gasteiger partial charge on any atom is -0.329 e. The number of rotatable bonds is 3. The fourth-order valence-corrected chi connectivity index (χ4v) is 1.40. The molecule has 0 saturated heterocycles. The minimum atomic E-state index is 0.619. The van der Waals surface area contributed by atoms with Crippen molar-refractivity contribution >= 4 is 0 Å². The van der Waals surface area contributed by atoms with Crippen molar-refractivity contribution in [3.63, 3.8) is 0 Å². The lowest BCUT2D eigenvalue weighted by Gasteiger charge is -2.05. The van der Waals surface area contributed by atoms with Gasteiger partial charge in [-0.25, -0.2) is 4.98 Å². The van der Waals surface area contributed by atoms with E-state index in [1.165, 1.54) is 0 Å². The fourth-order valence-electron chi connectivity index (χ4n) is 1.40. The smallest absolute Gasteiger partial charge is 0.0951 e. The average molecular weight is 188 g/mol. The molecule has 0 aliphatic rings. The summed E-state index contributed by atoms with van der Waals surface area (Å²) in [7, 11) is 0. The number of aromatic nitrogens is 3. The van der Waals surface area contributed by atoms with E-state index in [0.29, 0.717) is 6.54 Å². The van der Waals surface area contributed by atoms with Gasteiger partial charge in [0.15, 0.2) is 0 Å². The zero-order valence-electron chi connectivity index (χ0n) is 7.80. The van der Waals surface area contributed by atoms with Gasteiger partial charge in [-0.15, -0.1) is 0 Å². The third-order valence-electron chi connectivity index (χ3n) is 2.06. The molecule has 14 heavy (non-hydrogen) atoms. The molecule has 0 fully saturated rings. The van der Waals surface area contributed by atoms with E-state index in [1.54, 1.807) is 18.7 Å². The van der Waals surface area contributed by atoms with Gasteiger partial charge in [-0.05, 0) is 12.1 Å². The van der Waals surface area contributed by atoms with Crippen LogP contribution in [0.25, 0.3) is 11.3 Å². The Morgan fingerprint density at radius 1 is 1.21 bits per heavy atom. The van der Waals surface area contributed by atoms with Crippen molar-refractivity contribution in [3.05, 3.63) is 37.1 Å². The summed E-state index contributed by atoms with van der Waals surface area (Å²) < 4.78 is 2.04. The van der Waals surface area contributed by atoms with Crippen molar-refractivity contribution in [1.82, 2.24) is 14.5 Å². The number of pyridine rings is 1. The molecule has 2 aromatic rings. The molecule has 0 saturated carbocycles. The van der Waals surface area contributed by atoms with Gasteiger partial charge >= 0.3 is 0 Å². The maximum Gasteiger partial charge on any atom is 0.0951 e. The van der Waals surface area contributed by atoms with E-state index in [-0.39, 0.29) is 0 Å². The molecule has 2 rings (SSSR count). The van der Waals surface area contributed by atoms with Crippen LogP contribution in [-0.2, 0) is 6.54 Å². The topological polar surface area (TPSA) is 56.7 Å². The first-order valence-electron chi connectivity index (χ1n) is 4.52. The standard InChI is InChI=1S/C10H12N4/c11-3-6-14-8-13-7-10(14)9-1-4-12-5-2-9/h1-2,4-5,7-8H,3,6,11H2. The highest BCUT2D eigenvalue weighted by atomic mass is 15.0. The quantitative estimate of drug-likeness (QED) is 0.778. The van der Waals surface area contributed by atoms with Crippen LogP contribution in [0.15, 0.2) is 37.1 Å². The first-order valence-corrected chi connectivity index (χ1v) is 4.52. The molecule has 4 nitrogen and oxygen atoms in total. The molecule has 0 spiro atoms. The number of imidazole rings is 1. The highest BCUT2D eigenvalue weighted by Gasteiger charge is 2.02. The van der Waals surface area contributed by atoms with Crippen LogP contribution in [0.3, 0.4) is 0 Å². The van der Waals surface area contributed by atoms with Gasteiger partial charge in [0.25, 0.3) is 0 Å². The molecule has 2 N–H and O–H groups in total. The van der Waals surface area contributed by atoms with Gasteiger partial charge < -0.3 is 10.3 Å². The highest BCUT2D eigenvalue weighted by Crippen LogP contribution is 2.16. The van der Waals surface area contributed by atoms with Crippen LogP contribution in [0.4, 0.5) is 0 Å². The van der Waals surface area contributed by atoms with E-state index < -0.39 is 0 Å². The maximum atomic E-state index is 5.51. The number of hydrogen-bond donors (Lipinski definition) is 1. The summed E-state index contributed by atoms with van der Waals surface area (Å²) in [6.07, 6.45) is 7.18. The first kappa shape index (κ1) is 8.90. The predicted molar refractivity (Wildman–Crippen MR) is 54.5 cm³/mol. The molecule has 0 aliphatic heterocycles. The monoisotopic (exact) mass is 188 g/mol. The zero-order chi connectivity index (χ0) is 9.80. The summed E-state index contributed by atoms with van der Waals surface area (Å²) in [5.41, 5.74) is 7.70. The molecule has 2 heterocycles. The van der Waals surface area contributed by atoms with Crippen LogP contribution in [0.2, 0.25) is 0 Å². The van der Waals surface area contributed by atoms with Crippen LogP contribution in [0.1, 0.15) is 0 Å². The largest absolute Gasteiger partial charge is 0.329 e. The molecule has 0 aromatic carbocycles. The fraction of sp³-hybridized carbons (Fsp3) is 0.200. The summed E-state index contributed by atoms with van der Waals surface area (Å²) in [5, 5.41) is 0. The van der Waals surface area contributed by atoms with Gasteiger partial charge in [-0.3, -0.25) is 4.98 Å². The predicted octanol–water partition coefficient (Wildman–Crippen LogP) is 0.904. The Morgan fingerprint density at radius 3 is 2.71 bits per heavy atom. The van der Waals surface area contributed by atoms with Crippen molar-refractivity contribution in [3.8, 4) is 11.3 Å². The van der Waals surface area contributed by atoms with Crippen molar-refractivity contribution in [2.45, 2.75) is 6.54 Å². The van der Waals surface area contributed by atoms with Gasteiger partial charge in [-0.1, -0.05) is 0 Å². The summed E-state index contributed by atoms with van der Waals surface area (Å²) in [6, 6.07) is 3.92. The van der Waals surface area contributed by atoms with E-state index in [2.05, 4.69) is 9.97 Å². The summed E-state index contributed by atoms with van der Waals surface area (Å²) in [4.78, 5) is 8.08. The van der Waals surface area contributed by atoms with Crippen LogP contribution in [-0.4, -0.2) is 21.1 Å². The summed E-state index contributed by atoms with van der Waals surface area (Å²) >= 11 is 0. The van der Waals surface area contributed by atoms with Gasteiger partial charge in [0.05, 0.1) is 18.2 Å². The Balaban J connectivity index is 2.37. The normalized spacial score (nSPS) is 10.4. The Kier molecular flexibility index (Phi) is 2.55. The molecule has 0 radical (unpaired) electrons. The molecule has 0 bridgehead atoms. The molecule has 0 amide bonds. The van der Waals surface area contributed by atoms with E-state index >= 15 is 0 Å². The Bertz CT molecular complexity index is 394. The lowest BCUT2D eigenvalue weighted by atomic mass is 10.2. The first-order chi connectivity index (χ1) is 6.92. The van der Waals surface area contributed by atoms with Gasteiger partial charge in [0.2, 0.25) is 0 Å². The molecule has 0 aliphatic carbocycles. The maximum absolute atomic E-state index is 5.51. The molecular formula is C10H12N4. The van der Waals surface area contributed by atoms with Crippen molar-refractivity contribution in [1.29, 1.82) is 0 Å². The second-order valence-electron chi connectivity index (χ2n) is 3.00. The molecule has 4 heteroatoms. The highest BCUT2D eigenvalue weighted by molar-refractivity contribution is 5.57. The second kappa shape index (κ2) is 4.02. The van der Waals surface area contributed by atoms with Crippen LogP contribution in [0, 0.1) is 0 Å².